The van der Waals surface area contributed by atoms with Gasteiger partial charge in [-0.15, -0.1) is 0 Å². The summed E-state index contributed by atoms with van der Waals surface area (Å²) in [6, 6.07) is 0. The molecule has 0 unspecified atom stereocenters. The van der Waals surface area contributed by atoms with E-state index in [0.717, 1.165) is 0 Å². The molecule has 0 fully saturated rings. The quantitative estimate of drug-likeness (QED) is 0.606. The summed E-state index contributed by atoms with van der Waals surface area (Å²) in [7, 11) is 1.33. The second-order valence-electron chi connectivity index (χ2n) is 0.447. The molecule has 9 heavy (non-hydrogen) atoms. The van der Waals surface area contributed by atoms with Gasteiger partial charge in [-0.05, 0) is 30.1 Å². The largest absolute Gasteiger partial charge is 0.284 e. The molecular formula is C4H16N2P2Y. The molecule has 2 N–H and O–H groups in total. The third-order valence-electron chi connectivity index (χ3n) is 0. The van der Waals surface area contributed by atoms with Crippen molar-refractivity contribution in [1.82, 2.24) is 0 Å². The van der Waals surface area contributed by atoms with Gasteiger partial charge in [-0.1, -0.05) is 14.9 Å². The molecule has 1 radical (unpaired) electrons. The Kier molecular flexibility index (Phi) is 207. The fraction of sp³-hybridized carbons (Fsp3) is 1.00. The van der Waals surface area contributed by atoms with E-state index in [1.54, 1.807) is 13.3 Å². The van der Waals surface area contributed by atoms with Gasteiger partial charge in [-0.2, -0.15) is 0 Å². The summed E-state index contributed by atoms with van der Waals surface area (Å²) < 4.78 is 0. The van der Waals surface area contributed by atoms with Crippen LogP contribution >= 0.6 is 16.7 Å². The minimum absolute atomic E-state index is 0. The molecule has 0 aliphatic carbocycles. The van der Waals surface area contributed by atoms with Crippen molar-refractivity contribution >= 4 is 16.7 Å². The van der Waals surface area contributed by atoms with E-state index in [0.29, 0.717) is 16.7 Å². The van der Waals surface area contributed by atoms with E-state index in [1.807, 2.05) is 0 Å². The van der Waals surface area contributed by atoms with Gasteiger partial charge in [-0.3, -0.25) is 10.3 Å². The standard InChI is InChI=1S/2CH4NP.2CH4.Y/c2*1-3-2;;;/h2*2H,1H3;2*1H4;. The molecule has 0 amide bonds. The summed E-state index contributed by atoms with van der Waals surface area (Å²) >= 11 is 0. The molecule has 55 valence electrons. The van der Waals surface area contributed by atoms with E-state index in [2.05, 4.69) is 0 Å². The van der Waals surface area contributed by atoms with Crippen molar-refractivity contribution in [3.63, 3.8) is 0 Å². The number of rotatable bonds is 0. The molecule has 5 heteroatoms. The first-order valence-electron chi connectivity index (χ1n) is 1.34. The molecular weight excluding hydrogens is 227 g/mol. The number of nitrogens with one attached hydrogen (secondary N) is 2. The van der Waals surface area contributed by atoms with Crippen LogP contribution in [0.1, 0.15) is 14.9 Å². The summed E-state index contributed by atoms with van der Waals surface area (Å²) in [5.41, 5.74) is 0. The van der Waals surface area contributed by atoms with Crippen molar-refractivity contribution < 1.29 is 32.7 Å². The van der Waals surface area contributed by atoms with Gasteiger partial charge in [0.2, 0.25) is 0 Å². The molecule has 0 atom stereocenters. The maximum Gasteiger partial charge on any atom is 0 e. The molecule has 0 aliphatic rings. The first-order valence-corrected chi connectivity index (χ1v) is 4.02. The molecule has 0 saturated heterocycles. The van der Waals surface area contributed by atoms with Gasteiger partial charge >= 0.3 is 0 Å². The predicted molar refractivity (Wildman–Crippen MR) is 44.6 cm³/mol. The van der Waals surface area contributed by atoms with Crippen molar-refractivity contribution in [2.75, 3.05) is 13.3 Å². The summed E-state index contributed by atoms with van der Waals surface area (Å²) in [4.78, 5) is 0. The summed E-state index contributed by atoms with van der Waals surface area (Å²) in [6.45, 7) is 3.53. The zero-order chi connectivity index (χ0) is 5.41. The summed E-state index contributed by atoms with van der Waals surface area (Å²) in [6.07, 6.45) is 0. The van der Waals surface area contributed by atoms with Gasteiger partial charge in [0, 0.05) is 32.7 Å². The molecule has 0 aromatic carbocycles. The van der Waals surface area contributed by atoms with E-state index >= 15 is 0 Å². The Morgan fingerprint density at radius 2 is 0.889 bits per heavy atom. The molecule has 2 nitrogen and oxygen atoms in total. The first kappa shape index (κ1) is 31.7. The summed E-state index contributed by atoms with van der Waals surface area (Å²) in [5, 5.41) is 12.4. The molecule has 0 aliphatic heterocycles. The van der Waals surface area contributed by atoms with Crippen molar-refractivity contribution in [3.05, 3.63) is 0 Å². The molecule has 0 aromatic rings. The maximum atomic E-state index is 6.18. The SMILES string of the molecule is C.C.CP=N.CP=N.[Y]. The van der Waals surface area contributed by atoms with Crippen LogP contribution in [-0.4, -0.2) is 13.3 Å². The third-order valence-corrected chi connectivity index (χ3v) is 0. The average molecular weight is 243 g/mol. The maximum absolute atomic E-state index is 6.18. The van der Waals surface area contributed by atoms with Crippen LogP contribution in [0.2, 0.25) is 0 Å². The fourth-order valence-electron chi connectivity index (χ4n) is 0. The van der Waals surface area contributed by atoms with Crippen LogP contribution in [0.15, 0.2) is 0 Å². The van der Waals surface area contributed by atoms with Crippen LogP contribution in [0.25, 0.3) is 0 Å². The molecule has 0 spiro atoms. The van der Waals surface area contributed by atoms with Crippen molar-refractivity contribution in [3.8, 4) is 0 Å². The third kappa shape index (κ3) is 292. The minimum atomic E-state index is 0. The van der Waals surface area contributed by atoms with Gasteiger partial charge in [0.1, 0.15) is 0 Å². The Hall–Kier alpha value is 1.30. The smallest absolute Gasteiger partial charge is 0 e. The predicted octanol–water partition coefficient (Wildman–Crippen LogP) is 3.92. The van der Waals surface area contributed by atoms with Crippen LogP contribution in [-0.2, 0) is 32.7 Å². The van der Waals surface area contributed by atoms with Gasteiger partial charge in [-0.25, -0.2) is 0 Å². The van der Waals surface area contributed by atoms with Crippen LogP contribution < -0.4 is 0 Å². The van der Waals surface area contributed by atoms with E-state index in [4.69, 9.17) is 10.3 Å². The van der Waals surface area contributed by atoms with Crippen LogP contribution in [0.3, 0.4) is 0 Å². The van der Waals surface area contributed by atoms with Crippen LogP contribution in [0, 0.1) is 10.3 Å². The van der Waals surface area contributed by atoms with E-state index in [1.165, 1.54) is 0 Å². The van der Waals surface area contributed by atoms with E-state index in [9.17, 15) is 0 Å². The Morgan fingerprint density at radius 1 is 0.889 bits per heavy atom. The molecule has 0 rings (SSSR count). The number of hydrogen-bond acceptors (Lipinski definition) is 2. The monoisotopic (exact) mass is 243 g/mol. The Balaban J connectivity index is -0.00000000889. The van der Waals surface area contributed by atoms with Crippen molar-refractivity contribution in [1.29, 1.82) is 10.3 Å². The topological polar surface area (TPSA) is 47.7 Å². The zero-order valence-corrected chi connectivity index (χ0v) is 9.10. The summed E-state index contributed by atoms with van der Waals surface area (Å²) in [5.74, 6) is 0. The van der Waals surface area contributed by atoms with Crippen LogP contribution in [0.4, 0.5) is 0 Å². The molecule has 0 aromatic heterocycles. The average Bonchev–Trinajstić information content (AvgIpc) is 1.39. The first-order chi connectivity index (χ1) is 2.83. The van der Waals surface area contributed by atoms with E-state index < -0.39 is 0 Å². The second kappa shape index (κ2) is 58.8. The Labute approximate surface area is 87.5 Å². The second-order valence-corrected chi connectivity index (χ2v) is 1.34. The Morgan fingerprint density at radius 3 is 0.889 bits per heavy atom. The van der Waals surface area contributed by atoms with Crippen molar-refractivity contribution in [2.45, 2.75) is 14.9 Å². The van der Waals surface area contributed by atoms with Crippen LogP contribution in [0.5, 0.6) is 0 Å². The Bertz CT molecular complexity index is 37.5. The van der Waals surface area contributed by atoms with E-state index in [-0.39, 0.29) is 47.6 Å². The minimum Gasteiger partial charge on any atom is -0.284 e. The molecule has 0 heterocycles. The number of hydrogen-bond donors (Lipinski definition) is 2. The normalized spacial score (nSPS) is 4.67. The fourth-order valence-corrected chi connectivity index (χ4v) is 0. The molecule has 0 bridgehead atoms. The van der Waals surface area contributed by atoms with Gasteiger partial charge in [0.05, 0.1) is 0 Å². The van der Waals surface area contributed by atoms with Gasteiger partial charge in [0.25, 0.3) is 0 Å². The molecule has 0 saturated carbocycles. The van der Waals surface area contributed by atoms with Gasteiger partial charge < -0.3 is 0 Å². The van der Waals surface area contributed by atoms with Crippen molar-refractivity contribution in [2.24, 2.45) is 0 Å². The van der Waals surface area contributed by atoms with Gasteiger partial charge in [0.15, 0.2) is 0 Å². The zero-order valence-electron chi connectivity index (χ0n) is 4.47.